The molecule has 0 amide bonds. The molecule has 0 aliphatic rings. The molecule has 1 aromatic heterocycles. The minimum atomic E-state index is -4.35. The predicted octanol–water partition coefficient (Wildman–Crippen LogP) is 1.49. The smallest absolute Gasteiger partial charge is 0.361 e. The zero-order valence-corrected chi connectivity index (χ0v) is 6.61. The van der Waals surface area contributed by atoms with E-state index in [1.54, 1.807) is 14.1 Å². The van der Waals surface area contributed by atoms with Gasteiger partial charge in [0.25, 0.3) is 0 Å². The molecule has 1 N–H and O–H groups in total. The van der Waals surface area contributed by atoms with E-state index in [2.05, 4.69) is 5.10 Å². The Morgan fingerprint density at radius 3 is 2.25 bits per heavy atom. The van der Waals surface area contributed by atoms with Crippen LogP contribution in [0.25, 0.3) is 0 Å². The Kier molecular flexibility index (Phi) is 1.99. The first-order chi connectivity index (χ1) is 5.41. The molecular formula is C6H8F3N3. The Balaban J connectivity index is 2.92. The van der Waals surface area contributed by atoms with E-state index in [0.717, 1.165) is 6.07 Å². The number of alkyl halides is 3. The number of hydrogen-bond acceptors (Lipinski definition) is 2. The Morgan fingerprint density at radius 1 is 1.42 bits per heavy atom. The third-order valence-electron chi connectivity index (χ3n) is 1.33. The Morgan fingerprint density at radius 2 is 2.00 bits per heavy atom. The maximum atomic E-state index is 12.0. The van der Waals surface area contributed by atoms with E-state index < -0.39 is 11.9 Å². The fourth-order valence-corrected chi connectivity index (χ4v) is 0.685. The quantitative estimate of drug-likeness (QED) is 0.708. The average Bonchev–Trinajstić information content (AvgIpc) is 2.30. The number of hydrogen-bond donors (Lipinski definition) is 1. The molecule has 1 heterocycles. The van der Waals surface area contributed by atoms with Gasteiger partial charge in [-0.25, -0.2) is 0 Å². The van der Waals surface area contributed by atoms with Crippen LogP contribution in [-0.4, -0.2) is 24.3 Å². The van der Waals surface area contributed by atoms with Crippen LogP contribution in [0.4, 0.5) is 19.0 Å². The normalized spacial score (nSPS) is 11.8. The van der Waals surface area contributed by atoms with E-state index in [-0.39, 0.29) is 5.82 Å². The molecule has 0 unspecified atom stereocenters. The van der Waals surface area contributed by atoms with Gasteiger partial charge in [0.1, 0.15) is 11.5 Å². The highest BCUT2D eigenvalue weighted by atomic mass is 19.4. The van der Waals surface area contributed by atoms with Gasteiger partial charge in [-0.2, -0.15) is 18.3 Å². The molecule has 0 saturated heterocycles. The van der Waals surface area contributed by atoms with Crippen LogP contribution in [0.5, 0.6) is 0 Å². The molecule has 0 aromatic carbocycles. The van der Waals surface area contributed by atoms with Gasteiger partial charge in [0.05, 0.1) is 0 Å². The molecule has 3 nitrogen and oxygen atoms in total. The maximum absolute atomic E-state index is 12.0. The van der Waals surface area contributed by atoms with Gasteiger partial charge in [-0.3, -0.25) is 5.10 Å². The lowest BCUT2D eigenvalue weighted by atomic mass is 10.4. The summed E-state index contributed by atoms with van der Waals surface area (Å²) in [7, 11) is 3.24. The topological polar surface area (TPSA) is 31.9 Å². The number of nitrogens with zero attached hydrogens (tertiary/aromatic N) is 2. The van der Waals surface area contributed by atoms with E-state index in [1.807, 2.05) is 5.10 Å². The number of H-pyrrole nitrogens is 1. The largest absolute Gasteiger partial charge is 0.432 e. The van der Waals surface area contributed by atoms with Gasteiger partial charge in [0.15, 0.2) is 0 Å². The average molecular weight is 179 g/mol. The lowest BCUT2D eigenvalue weighted by Gasteiger charge is -2.05. The minimum Gasteiger partial charge on any atom is -0.361 e. The second-order valence-corrected chi connectivity index (χ2v) is 2.53. The fourth-order valence-electron chi connectivity index (χ4n) is 0.685. The van der Waals surface area contributed by atoms with E-state index in [9.17, 15) is 13.2 Å². The predicted molar refractivity (Wildman–Crippen MR) is 37.9 cm³/mol. The van der Waals surface area contributed by atoms with Crippen LogP contribution >= 0.6 is 0 Å². The molecule has 12 heavy (non-hydrogen) atoms. The SMILES string of the molecule is CN(C)c1cc(C(F)(F)F)[nH]n1. The minimum absolute atomic E-state index is 0.266. The van der Waals surface area contributed by atoms with Gasteiger partial charge in [0, 0.05) is 20.2 Å². The molecule has 68 valence electrons. The van der Waals surface area contributed by atoms with Gasteiger partial charge in [-0.1, -0.05) is 0 Å². The lowest BCUT2D eigenvalue weighted by molar-refractivity contribution is -0.141. The van der Waals surface area contributed by atoms with Gasteiger partial charge in [-0.15, -0.1) is 0 Å². The molecule has 0 saturated carbocycles. The fraction of sp³-hybridized carbons (Fsp3) is 0.500. The Labute approximate surface area is 67.2 Å². The highest BCUT2D eigenvalue weighted by molar-refractivity contribution is 5.37. The molecule has 0 spiro atoms. The number of aromatic nitrogens is 2. The summed E-state index contributed by atoms with van der Waals surface area (Å²) in [5, 5.41) is 5.37. The van der Waals surface area contributed by atoms with Crippen LogP contribution in [-0.2, 0) is 6.18 Å². The summed E-state index contributed by atoms with van der Waals surface area (Å²) < 4.78 is 35.9. The van der Waals surface area contributed by atoms with Crippen LogP contribution in [0.2, 0.25) is 0 Å². The first-order valence-corrected chi connectivity index (χ1v) is 3.21. The second kappa shape index (κ2) is 2.69. The van der Waals surface area contributed by atoms with Crippen molar-refractivity contribution in [2.75, 3.05) is 19.0 Å². The third-order valence-corrected chi connectivity index (χ3v) is 1.33. The van der Waals surface area contributed by atoms with E-state index in [0.29, 0.717) is 0 Å². The molecule has 0 radical (unpaired) electrons. The van der Waals surface area contributed by atoms with Crippen molar-refractivity contribution in [1.82, 2.24) is 10.2 Å². The monoisotopic (exact) mass is 179 g/mol. The van der Waals surface area contributed by atoms with Crippen molar-refractivity contribution in [3.63, 3.8) is 0 Å². The van der Waals surface area contributed by atoms with Crippen LogP contribution < -0.4 is 4.90 Å². The summed E-state index contributed by atoms with van der Waals surface area (Å²) in [4.78, 5) is 1.49. The Hall–Kier alpha value is -1.20. The third kappa shape index (κ3) is 1.69. The van der Waals surface area contributed by atoms with Gasteiger partial charge in [0.2, 0.25) is 0 Å². The lowest BCUT2D eigenvalue weighted by Crippen LogP contribution is -2.08. The highest BCUT2D eigenvalue weighted by Gasteiger charge is 2.33. The van der Waals surface area contributed by atoms with E-state index >= 15 is 0 Å². The van der Waals surface area contributed by atoms with Crippen LogP contribution in [0.1, 0.15) is 5.69 Å². The number of halogens is 3. The number of rotatable bonds is 1. The van der Waals surface area contributed by atoms with Gasteiger partial charge < -0.3 is 4.90 Å². The molecule has 1 aromatic rings. The number of aromatic amines is 1. The van der Waals surface area contributed by atoms with Crippen molar-refractivity contribution in [3.05, 3.63) is 11.8 Å². The molecular weight excluding hydrogens is 171 g/mol. The number of anilines is 1. The second-order valence-electron chi connectivity index (χ2n) is 2.53. The first kappa shape index (κ1) is 8.89. The van der Waals surface area contributed by atoms with Crippen molar-refractivity contribution in [3.8, 4) is 0 Å². The van der Waals surface area contributed by atoms with Crippen LogP contribution in [0.3, 0.4) is 0 Å². The van der Waals surface area contributed by atoms with Gasteiger partial charge in [-0.05, 0) is 0 Å². The summed E-state index contributed by atoms with van der Waals surface area (Å²) in [6.45, 7) is 0. The Bertz CT molecular complexity index is 263. The number of nitrogens with one attached hydrogen (secondary N) is 1. The van der Waals surface area contributed by atoms with Crippen LogP contribution in [0, 0.1) is 0 Å². The molecule has 1 rings (SSSR count). The molecule has 0 bridgehead atoms. The molecule has 0 fully saturated rings. The van der Waals surface area contributed by atoms with Crippen molar-refractivity contribution >= 4 is 5.82 Å². The maximum Gasteiger partial charge on any atom is 0.432 e. The summed E-state index contributed by atoms with van der Waals surface area (Å²) in [6.07, 6.45) is -4.35. The molecule has 0 atom stereocenters. The highest BCUT2D eigenvalue weighted by Crippen LogP contribution is 2.28. The van der Waals surface area contributed by atoms with Crippen molar-refractivity contribution in [2.24, 2.45) is 0 Å². The molecule has 0 aliphatic carbocycles. The van der Waals surface area contributed by atoms with Crippen LogP contribution in [0.15, 0.2) is 6.07 Å². The molecule has 0 aliphatic heterocycles. The summed E-state index contributed by atoms with van der Waals surface area (Å²) in [5.74, 6) is 0.266. The zero-order valence-electron chi connectivity index (χ0n) is 6.61. The van der Waals surface area contributed by atoms with Crippen molar-refractivity contribution in [1.29, 1.82) is 0 Å². The van der Waals surface area contributed by atoms with Gasteiger partial charge >= 0.3 is 6.18 Å². The van der Waals surface area contributed by atoms with E-state index in [4.69, 9.17) is 0 Å². The summed E-state index contributed by atoms with van der Waals surface area (Å²) >= 11 is 0. The first-order valence-electron chi connectivity index (χ1n) is 3.21. The zero-order chi connectivity index (χ0) is 9.35. The van der Waals surface area contributed by atoms with Crippen molar-refractivity contribution in [2.45, 2.75) is 6.18 Å². The van der Waals surface area contributed by atoms with E-state index in [1.165, 1.54) is 4.90 Å². The standard InChI is InChI=1S/C6H8F3N3/c1-12(2)5-3-4(10-11-5)6(7,8)9/h3H,1-2H3,(H,10,11). The summed E-state index contributed by atoms with van der Waals surface area (Å²) in [5.41, 5.74) is -0.828. The molecule has 6 heteroatoms. The summed E-state index contributed by atoms with van der Waals surface area (Å²) in [6, 6.07) is 0.958. The van der Waals surface area contributed by atoms with Crippen molar-refractivity contribution < 1.29 is 13.2 Å².